The molecule has 11 nitrogen and oxygen atoms in total. The van der Waals surface area contributed by atoms with Crippen LogP contribution in [0.3, 0.4) is 0 Å². The van der Waals surface area contributed by atoms with Gasteiger partial charge in [-0.15, -0.1) is 0 Å². The van der Waals surface area contributed by atoms with Gasteiger partial charge in [0, 0.05) is 31.5 Å². The van der Waals surface area contributed by atoms with Crippen LogP contribution < -0.4 is 20.7 Å². The molecular weight excluding hydrogens is 426 g/mol. The van der Waals surface area contributed by atoms with Gasteiger partial charge in [0.15, 0.2) is 17.1 Å². The quantitative estimate of drug-likeness (QED) is 0.411. The first kappa shape index (κ1) is 22.3. The third kappa shape index (κ3) is 4.01. The van der Waals surface area contributed by atoms with E-state index in [0.29, 0.717) is 65.8 Å². The summed E-state index contributed by atoms with van der Waals surface area (Å²) in [5, 5.41) is 4.40. The number of aryl methyl sites for hydroxylation is 1. The van der Waals surface area contributed by atoms with Gasteiger partial charge in [0.25, 0.3) is 5.56 Å². The van der Waals surface area contributed by atoms with Crippen molar-refractivity contribution in [2.75, 3.05) is 14.2 Å². The van der Waals surface area contributed by atoms with Crippen LogP contribution in [0, 0.1) is 0 Å². The number of rotatable bonds is 9. The molecular formula is C22H27N7O4. The number of ether oxygens (including phenoxy) is 2. The van der Waals surface area contributed by atoms with E-state index in [1.54, 1.807) is 48.1 Å². The van der Waals surface area contributed by atoms with Gasteiger partial charge in [-0.2, -0.15) is 5.10 Å². The summed E-state index contributed by atoms with van der Waals surface area (Å²) in [6, 6.07) is 1.73. The number of H-pyrrole nitrogens is 1. The summed E-state index contributed by atoms with van der Waals surface area (Å²) in [5.41, 5.74) is 1.33. The first-order chi connectivity index (χ1) is 16.0. The highest BCUT2D eigenvalue weighted by Crippen LogP contribution is 2.29. The lowest BCUT2D eigenvalue weighted by Crippen LogP contribution is -2.40. The molecule has 0 aliphatic rings. The summed E-state index contributed by atoms with van der Waals surface area (Å²) in [4.78, 5) is 37.9. The van der Waals surface area contributed by atoms with Gasteiger partial charge in [0.05, 0.1) is 32.5 Å². The summed E-state index contributed by atoms with van der Waals surface area (Å²) in [5.74, 6) is 1.60. The SMILES string of the molecule is CCCn1c(=O)c2[nH]c(-c3cnn(Cc4nccc(OC)c4OC)c3)nc2n(CCC)c1=O. The van der Waals surface area contributed by atoms with Gasteiger partial charge >= 0.3 is 5.69 Å². The average Bonchev–Trinajstić information content (AvgIpc) is 3.47. The van der Waals surface area contributed by atoms with E-state index < -0.39 is 0 Å². The zero-order chi connectivity index (χ0) is 23.5. The standard InChI is InChI=1S/C22H27N7O4/c1-5-9-28-20-17(21(30)29(10-6-2)22(28)31)25-19(26-20)14-11-24-27(12-14)13-15-18(33-4)16(32-3)7-8-23-15/h7-8,11-12H,5-6,9-10,13H2,1-4H3,(H,25,26). The zero-order valence-electron chi connectivity index (χ0n) is 19.2. The number of imidazole rings is 1. The minimum atomic E-state index is -0.360. The Balaban J connectivity index is 1.74. The summed E-state index contributed by atoms with van der Waals surface area (Å²) in [7, 11) is 3.13. The van der Waals surface area contributed by atoms with Crippen LogP contribution in [-0.2, 0) is 19.6 Å². The largest absolute Gasteiger partial charge is 0.493 e. The molecule has 0 spiro atoms. The Morgan fingerprint density at radius 2 is 1.82 bits per heavy atom. The molecule has 0 aromatic carbocycles. The summed E-state index contributed by atoms with van der Waals surface area (Å²) >= 11 is 0. The van der Waals surface area contributed by atoms with Gasteiger partial charge in [-0.1, -0.05) is 13.8 Å². The number of pyridine rings is 1. The lowest BCUT2D eigenvalue weighted by Gasteiger charge is -2.11. The number of hydrogen-bond acceptors (Lipinski definition) is 7. The molecule has 0 aliphatic carbocycles. The maximum atomic E-state index is 12.9. The van der Waals surface area contributed by atoms with Crippen LogP contribution in [0.15, 0.2) is 34.2 Å². The highest BCUT2D eigenvalue weighted by molar-refractivity contribution is 5.75. The molecule has 0 radical (unpaired) electrons. The maximum Gasteiger partial charge on any atom is 0.332 e. The Bertz CT molecular complexity index is 1400. The Morgan fingerprint density at radius 3 is 2.52 bits per heavy atom. The molecule has 0 atom stereocenters. The van der Waals surface area contributed by atoms with Crippen LogP contribution in [0.4, 0.5) is 0 Å². The highest BCUT2D eigenvalue weighted by atomic mass is 16.5. The number of nitrogens with one attached hydrogen (secondary N) is 1. The second kappa shape index (κ2) is 9.31. The summed E-state index contributed by atoms with van der Waals surface area (Å²) in [6.07, 6.45) is 6.52. The van der Waals surface area contributed by atoms with Crippen molar-refractivity contribution in [3.05, 3.63) is 51.2 Å². The smallest absolute Gasteiger partial charge is 0.332 e. The number of aromatic nitrogens is 7. The van der Waals surface area contributed by atoms with E-state index in [1.807, 2.05) is 13.8 Å². The van der Waals surface area contributed by atoms with E-state index in [2.05, 4.69) is 20.1 Å². The van der Waals surface area contributed by atoms with Crippen molar-refractivity contribution < 1.29 is 9.47 Å². The van der Waals surface area contributed by atoms with Crippen molar-refractivity contribution in [1.82, 2.24) is 33.9 Å². The Labute approximate surface area is 189 Å². The molecule has 0 bridgehead atoms. The average molecular weight is 454 g/mol. The number of methoxy groups -OCH3 is 2. The number of nitrogens with zero attached hydrogens (tertiary/aromatic N) is 6. The third-order valence-corrected chi connectivity index (χ3v) is 5.34. The summed E-state index contributed by atoms with van der Waals surface area (Å²) in [6.45, 7) is 5.10. The second-order valence-electron chi connectivity index (χ2n) is 7.59. The Morgan fingerprint density at radius 1 is 1.06 bits per heavy atom. The second-order valence-corrected chi connectivity index (χ2v) is 7.59. The number of fused-ring (bicyclic) bond motifs is 1. The van der Waals surface area contributed by atoms with Crippen LogP contribution in [0.2, 0.25) is 0 Å². The number of hydrogen-bond donors (Lipinski definition) is 1. The maximum absolute atomic E-state index is 12.9. The van der Waals surface area contributed by atoms with E-state index in [-0.39, 0.29) is 11.2 Å². The van der Waals surface area contributed by atoms with Crippen molar-refractivity contribution >= 4 is 11.2 Å². The molecule has 4 heterocycles. The molecule has 11 heteroatoms. The minimum absolute atomic E-state index is 0.315. The van der Waals surface area contributed by atoms with E-state index in [9.17, 15) is 9.59 Å². The van der Waals surface area contributed by atoms with E-state index in [0.717, 1.165) is 6.42 Å². The first-order valence-corrected chi connectivity index (χ1v) is 10.8. The van der Waals surface area contributed by atoms with Crippen molar-refractivity contribution in [2.45, 2.75) is 46.3 Å². The third-order valence-electron chi connectivity index (χ3n) is 5.34. The molecule has 0 saturated carbocycles. The predicted octanol–water partition coefficient (Wildman–Crippen LogP) is 2.03. The topological polar surface area (TPSA) is 122 Å². The van der Waals surface area contributed by atoms with E-state index >= 15 is 0 Å². The lowest BCUT2D eigenvalue weighted by atomic mass is 10.3. The van der Waals surface area contributed by atoms with Gasteiger partial charge in [-0.05, 0) is 12.8 Å². The molecule has 4 rings (SSSR count). The summed E-state index contributed by atoms with van der Waals surface area (Å²) < 4.78 is 15.3. The van der Waals surface area contributed by atoms with Crippen LogP contribution >= 0.6 is 0 Å². The monoisotopic (exact) mass is 453 g/mol. The minimum Gasteiger partial charge on any atom is -0.493 e. The van der Waals surface area contributed by atoms with Crippen LogP contribution in [0.5, 0.6) is 11.5 Å². The molecule has 0 fully saturated rings. The molecule has 33 heavy (non-hydrogen) atoms. The van der Waals surface area contributed by atoms with Crippen molar-refractivity contribution in [2.24, 2.45) is 0 Å². The van der Waals surface area contributed by atoms with Crippen LogP contribution in [-0.4, -0.2) is 48.1 Å². The molecule has 1 N–H and O–H groups in total. The van der Waals surface area contributed by atoms with Gasteiger partial charge in [0.2, 0.25) is 0 Å². The van der Waals surface area contributed by atoms with Crippen molar-refractivity contribution in [3.63, 3.8) is 0 Å². The molecule has 0 saturated heterocycles. The van der Waals surface area contributed by atoms with Crippen LogP contribution in [0.25, 0.3) is 22.6 Å². The normalized spacial score (nSPS) is 11.3. The van der Waals surface area contributed by atoms with Crippen molar-refractivity contribution in [1.29, 1.82) is 0 Å². The molecule has 4 aromatic rings. The first-order valence-electron chi connectivity index (χ1n) is 10.8. The predicted molar refractivity (Wildman–Crippen MR) is 123 cm³/mol. The fraction of sp³-hybridized carbons (Fsp3) is 0.409. The van der Waals surface area contributed by atoms with Crippen molar-refractivity contribution in [3.8, 4) is 22.9 Å². The Hall–Kier alpha value is -3.89. The molecule has 0 unspecified atom stereocenters. The van der Waals surface area contributed by atoms with Crippen LogP contribution in [0.1, 0.15) is 32.4 Å². The lowest BCUT2D eigenvalue weighted by molar-refractivity contribution is 0.348. The Kier molecular flexibility index (Phi) is 6.29. The van der Waals surface area contributed by atoms with Gasteiger partial charge in [-0.25, -0.2) is 9.78 Å². The fourth-order valence-electron chi connectivity index (χ4n) is 3.84. The number of aromatic amines is 1. The molecule has 4 aromatic heterocycles. The highest BCUT2D eigenvalue weighted by Gasteiger charge is 2.18. The van der Waals surface area contributed by atoms with Gasteiger partial charge < -0.3 is 14.5 Å². The molecule has 0 amide bonds. The molecule has 0 aliphatic heterocycles. The molecule has 174 valence electrons. The fourth-order valence-corrected chi connectivity index (χ4v) is 3.84. The van der Waals surface area contributed by atoms with Gasteiger partial charge in [0.1, 0.15) is 17.0 Å². The van der Waals surface area contributed by atoms with Gasteiger partial charge in [-0.3, -0.25) is 23.6 Å². The van der Waals surface area contributed by atoms with E-state index in [4.69, 9.17) is 9.47 Å². The zero-order valence-corrected chi connectivity index (χ0v) is 19.2. The van der Waals surface area contributed by atoms with E-state index in [1.165, 1.54) is 4.57 Å².